The molecule has 4 heteroatoms. The molecule has 0 saturated heterocycles. The van der Waals surface area contributed by atoms with Gasteiger partial charge in [0.1, 0.15) is 0 Å². The van der Waals surface area contributed by atoms with Crippen molar-refractivity contribution in [2.45, 2.75) is 5.88 Å². The first-order valence-electron chi connectivity index (χ1n) is 4.10. The quantitative estimate of drug-likeness (QED) is 0.799. The predicted molar refractivity (Wildman–Crippen MR) is 59.6 cm³/mol. The second kappa shape index (κ2) is 3.67. The molecule has 2 aromatic rings. The molecule has 0 spiro atoms. The Hall–Kier alpha value is -0.930. The third-order valence-corrected chi connectivity index (χ3v) is 3.58. The van der Waals surface area contributed by atoms with E-state index >= 15 is 0 Å². The van der Waals surface area contributed by atoms with Gasteiger partial charge < -0.3 is 9.84 Å². The standard InChI is InChI=1S/C10H9ClO2S/c1-13-8-2-3-9-7(10(8)12)4-6(5-11)14-9/h2-4,12H,5H2,1H3. The lowest BCUT2D eigenvalue weighted by molar-refractivity contribution is 0.376. The normalized spacial score (nSPS) is 10.7. The average Bonchev–Trinajstić information content (AvgIpc) is 2.62. The molecule has 1 N–H and O–H groups in total. The molecule has 2 nitrogen and oxygen atoms in total. The molecular weight excluding hydrogens is 220 g/mol. The average molecular weight is 229 g/mol. The van der Waals surface area contributed by atoms with Crippen molar-refractivity contribution in [1.82, 2.24) is 0 Å². The molecule has 0 aliphatic rings. The van der Waals surface area contributed by atoms with Crippen LogP contribution in [-0.4, -0.2) is 12.2 Å². The van der Waals surface area contributed by atoms with Crippen molar-refractivity contribution in [3.8, 4) is 11.5 Å². The molecule has 0 aliphatic heterocycles. The molecular formula is C10H9ClO2S. The lowest BCUT2D eigenvalue weighted by atomic mass is 10.2. The van der Waals surface area contributed by atoms with Crippen molar-refractivity contribution in [3.05, 3.63) is 23.1 Å². The maximum Gasteiger partial charge on any atom is 0.166 e. The summed E-state index contributed by atoms with van der Waals surface area (Å²) in [6.45, 7) is 0. The molecule has 0 amide bonds. The zero-order valence-corrected chi connectivity index (χ0v) is 9.15. The minimum Gasteiger partial charge on any atom is -0.504 e. The van der Waals surface area contributed by atoms with Gasteiger partial charge in [0.2, 0.25) is 0 Å². The molecule has 0 unspecified atom stereocenters. The molecule has 0 aliphatic carbocycles. The van der Waals surface area contributed by atoms with Gasteiger partial charge in [-0.25, -0.2) is 0 Å². The molecule has 0 bridgehead atoms. The number of hydrogen-bond donors (Lipinski definition) is 1. The van der Waals surface area contributed by atoms with E-state index in [9.17, 15) is 5.11 Å². The molecule has 1 heterocycles. The molecule has 1 aromatic carbocycles. The van der Waals surface area contributed by atoms with E-state index in [4.69, 9.17) is 16.3 Å². The molecule has 74 valence electrons. The highest BCUT2D eigenvalue weighted by atomic mass is 35.5. The number of hydrogen-bond acceptors (Lipinski definition) is 3. The fourth-order valence-corrected chi connectivity index (χ4v) is 2.52. The van der Waals surface area contributed by atoms with Crippen LogP contribution >= 0.6 is 22.9 Å². The van der Waals surface area contributed by atoms with Crippen LogP contribution in [0.1, 0.15) is 4.88 Å². The van der Waals surface area contributed by atoms with Crippen LogP contribution in [0.5, 0.6) is 11.5 Å². The highest BCUT2D eigenvalue weighted by Gasteiger charge is 2.09. The van der Waals surface area contributed by atoms with Crippen molar-refractivity contribution in [2.24, 2.45) is 0 Å². The highest BCUT2D eigenvalue weighted by molar-refractivity contribution is 7.19. The first kappa shape index (κ1) is 9.62. The van der Waals surface area contributed by atoms with Gasteiger partial charge in [0.05, 0.1) is 13.0 Å². The summed E-state index contributed by atoms with van der Waals surface area (Å²) in [5.74, 6) is 1.16. The van der Waals surface area contributed by atoms with E-state index in [0.29, 0.717) is 11.6 Å². The molecule has 0 fully saturated rings. The maximum atomic E-state index is 9.80. The smallest absolute Gasteiger partial charge is 0.166 e. The number of aromatic hydroxyl groups is 1. The van der Waals surface area contributed by atoms with E-state index in [-0.39, 0.29) is 5.75 Å². The Bertz CT molecular complexity index is 464. The van der Waals surface area contributed by atoms with Crippen molar-refractivity contribution in [2.75, 3.05) is 7.11 Å². The second-order valence-electron chi connectivity index (χ2n) is 2.87. The fraction of sp³-hybridized carbons (Fsp3) is 0.200. The topological polar surface area (TPSA) is 29.5 Å². The summed E-state index contributed by atoms with van der Waals surface area (Å²) in [6, 6.07) is 5.58. The summed E-state index contributed by atoms with van der Waals surface area (Å²) in [7, 11) is 1.54. The van der Waals surface area contributed by atoms with E-state index in [1.807, 2.05) is 12.1 Å². The van der Waals surface area contributed by atoms with Gasteiger partial charge >= 0.3 is 0 Å². The van der Waals surface area contributed by atoms with Gasteiger partial charge in [0.15, 0.2) is 11.5 Å². The van der Waals surface area contributed by atoms with Crippen molar-refractivity contribution >= 4 is 33.0 Å². The van der Waals surface area contributed by atoms with E-state index in [1.165, 1.54) is 7.11 Å². The van der Waals surface area contributed by atoms with Gasteiger partial charge in [0, 0.05) is 15.0 Å². The predicted octanol–water partition coefficient (Wildman–Crippen LogP) is 3.35. The second-order valence-corrected chi connectivity index (χ2v) is 4.31. The lowest BCUT2D eigenvalue weighted by Crippen LogP contribution is -1.82. The Morgan fingerprint density at radius 3 is 2.93 bits per heavy atom. The number of phenols is 1. The van der Waals surface area contributed by atoms with E-state index < -0.39 is 0 Å². The summed E-state index contributed by atoms with van der Waals surface area (Å²) in [6.07, 6.45) is 0. The molecule has 0 atom stereocenters. The Morgan fingerprint density at radius 2 is 2.29 bits per heavy atom. The number of ether oxygens (including phenoxy) is 1. The highest BCUT2D eigenvalue weighted by Crippen LogP contribution is 2.38. The number of thiophene rings is 1. The Labute approximate surface area is 90.7 Å². The Kier molecular flexibility index (Phi) is 2.52. The van der Waals surface area contributed by atoms with Gasteiger partial charge in [0.25, 0.3) is 0 Å². The number of methoxy groups -OCH3 is 1. The van der Waals surface area contributed by atoms with E-state index in [2.05, 4.69) is 0 Å². The van der Waals surface area contributed by atoms with Crippen LogP contribution in [0.15, 0.2) is 18.2 Å². The number of alkyl halides is 1. The first-order valence-corrected chi connectivity index (χ1v) is 5.45. The zero-order valence-electron chi connectivity index (χ0n) is 7.58. The maximum absolute atomic E-state index is 9.80. The number of fused-ring (bicyclic) bond motifs is 1. The van der Waals surface area contributed by atoms with Crippen LogP contribution in [0.3, 0.4) is 0 Å². The van der Waals surface area contributed by atoms with Crippen LogP contribution in [0, 0.1) is 0 Å². The van der Waals surface area contributed by atoms with E-state index in [1.54, 1.807) is 17.4 Å². The summed E-state index contributed by atoms with van der Waals surface area (Å²) < 4.78 is 6.04. The first-order chi connectivity index (χ1) is 6.76. The van der Waals surface area contributed by atoms with Gasteiger partial charge in [-0.2, -0.15) is 0 Å². The minimum absolute atomic E-state index is 0.192. The third kappa shape index (κ3) is 1.42. The van der Waals surface area contributed by atoms with E-state index in [0.717, 1.165) is 15.0 Å². The summed E-state index contributed by atoms with van der Waals surface area (Å²) in [4.78, 5) is 1.05. The fourth-order valence-electron chi connectivity index (χ4n) is 1.36. The summed E-state index contributed by atoms with van der Waals surface area (Å²) in [5, 5.41) is 10.6. The van der Waals surface area contributed by atoms with Crippen molar-refractivity contribution in [3.63, 3.8) is 0 Å². The Balaban J connectivity index is 2.68. The summed E-state index contributed by atoms with van der Waals surface area (Å²) >= 11 is 7.31. The van der Waals surface area contributed by atoms with Gasteiger partial charge in [-0.05, 0) is 18.2 Å². The number of phenolic OH excluding ortho intramolecular Hbond substituents is 1. The number of rotatable bonds is 2. The van der Waals surface area contributed by atoms with Crippen LogP contribution in [-0.2, 0) is 5.88 Å². The van der Waals surface area contributed by atoms with Crippen LogP contribution in [0.2, 0.25) is 0 Å². The molecule has 2 rings (SSSR count). The van der Waals surface area contributed by atoms with Crippen LogP contribution in [0.25, 0.3) is 10.1 Å². The number of benzene rings is 1. The summed E-state index contributed by atoms with van der Waals surface area (Å²) in [5.41, 5.74) is 0. The number of halogens is 1. The SMILES string of the molecule is COc1ccc2sc(CCl)cc2c1O. The van der Waals surface area contributed by atoms with Crippen LogP contribution < -0.4 is 4.74 Å². The van der Waals surface area contributed by atoms with Gasteiger partial charge in [-0.15, -0.1) is 22.9 Å². The molecule has 1 aromatic heterocycles. The van der Waals surface area contributed by atoms with Gasteiger partial charge in [-0.3, -0.25) is 0 Å². The third-order valence-electron chi connectivity index (χ3n) is 2.04. The largest absolute Gasteiger partial charge is 0.504 e. The lowest BCUT2D eigenvalue weighted by Gasteiger charge is -2.02. The van der Waals surface area contributed by atoms with Crippen LogP contribution in [0.4, 0.5) is 0 Å². The Morgan fingerprint density at radius 1 is 1.50 bits per heavy atom. The minimum atomic E-state index is 0.192. The van der Waals surface area contributed by atoms with Gasteiger partial charge in [-0.1, -0.05) is 0 Å². The molecule has 0 saturated carbocycles. The zero-order chi connectivity index (χ0) is 10.1. The monoisotopic (exact) mass is 228 g/mol. The van der Waals surface area contributed by atoms with Crippen molar-refractivity contribution < 1.29 is 9.84 Å². The van der Waals surface area contributed by atoms with Crippen molar-refractivity contribution in [1.29, 1.82) is 0 Å². The molecule has 14 heavy (non-hydrogen) atoms. The molecule has 0 radical (unpaired) electrons.